The molecule has 0 spiro atoms. The highest BCUT2D eigenvalue weighted by Crippen LogP contribution is 2.13. The number of carbonyl (C=O) groups is 3. The summed E-state index contributed by atoms with van der Waals surface area (Å²) in [4.78, 5) is 34.4. The minimum absolute atomic E-state index is 0.0344. The Morgan fingerprint density at radius 3 is 1.63 bits per heavy atom. The van der Waals surface area contributed by atoms with E-state index in [1.54, 1.807) is 41.5 Å². The Bertz CT molecular complexity index is 1040. The SMILES string of the molecule is CC(C)(C)OC(=O)NC1CCS(=O)(=O)C/C1=N\O.CC(C)(C)OC(=O)NC1CCS(=O)(=O)CC1=O. The van der Waals surface area contributed by atoms with E-state index in [1.807, 2.05) is 0 Å². The summed E-state index contributed by atoms with van der Waals surface area (Å²) >= 11 is 0. The van der Waals surface area contributed by atoms with Crippen LogP contribution in [0, 0.1) is 0 Å². The highest BCUT2D eigenvalue weighted by atomic mass is 32.2. The molecule has 0 radical (unpaired) electrons. The standard InChI is InChI=1S/C10H18N2O5S.C10H17NO5S/c1-10(2,3)17-9(13)11-7-4-5-18(15,16)6-8(7)12-14;1-10(2,3)16-9(13)11-7-4-5-17(14,15)6-8(7)12/h7,14H,4-6H2,1-3H3,(H,11,13);7H,4-6H2,1-3H3,(H,11,13)/b12-8+;. The van der Waals surface area contributed by atoms with Crippen LogP contribution in [0.2, 0.25) is 0 Å². The van der Waals surface area contributed by atoms with E-state index in [0.29, 0.717) is 0 Å². The summed E-state index contributed by atoms with van der Waals surface area (Å²) < 4.78 is 55.0. The van der Waals surface area contributed by atoms with Crippen LogP contribution in [-0.2, 0) is 33.9 Å². The van der Waals surface area contributed by atoms with E-state index in [0.717, 1.165) is 0 Å². The first-order valence-corrected chi connectivity index (χ1v) is 14.5. The van der Waals surface area contributed by atoms with Gasteiger partial charge in [-0.3, -0.25) is 4.79 Å². The smallest absolute Gasteiger partial charge is 0.408 e. The Morgan fingerprint density at radius 1 is 0.829 bits per heavy atom. The molecule has 35 heavy (non-hydrogen) atoms. The van der Waals surface area contributed by atoms with Crippen molar-refractivity contribution in [1.82, 2.24) is 10.6 Å². The van der Waals surface area contributed by atoms with Gasteiger partial charge in [0.1, 0.15) is 17.0 Å². The number of nitrogens with one attached hydrogen (secondary N) is 2. The van der Waals surface area contributed by atoms with Crippen LogP contribution in [0.3, 0.4) is 0 Å². The van der Waals surface area contributed by atoms with Crippen molar-refractivity contribution in [3.8, 4) is 0 Å². The minimum atomic E-state index is -3.28. The number of alkyl carbamates (subject to hydrolysis) is 2. The predicted octanol–water partition coefficient (Wildman–Crippen LogP) is 0.796. The third kappa shape index (κ3) is 12.2. The molecule has 2 rings (SSSR count). The third-order valence-electron chi connectivity index (χ3n) is 4.47. The van der Waals surface area contributed by atoms with E-state index >= 15 is 0 Å². The lowest BCUT2D eigenvalue weighted by Gasteiger charge is -2.26. The zero-order valence-corrected chi connectivity index (χ0v) is 22.4. The van der Waals surface area contributed by atoms with Crippen LogP contribution >= 0.6 is 0 Å². The molecule has 2 amide bonds. The van der Waals surface area contributed by atoms with Gasteiger partial charge in [0.15, 0.2) is 25.5 Å². The van der Waals surface area contributed by atoms with Crippen molar-refractivity contribution in [3.05, 3.63) is 0 Å². The highest BCUT2D eigenvalue weighted by Gasteiger charge is 2.34. The summed E-state index contributed by atoms with van der Waals surface area (Å²) in [6.07, 6.45) is -1.07. The average molecular weight is 542 g/mol. The molecule has 2 heterocycles. The first-order chi connectivity index (χ1) is 15.7. The molecule has 2 saturated heterocycles. The molecular weight excluding hydrogens is 506 g/mol. The fourth-order valence-corrected chi connectivity index (χ4v) is 5.84. The lowest BCUT2D eigenvalue weighted by Crippen LogP contribution is -2.49. The second-order valence-electron chi connectivity index (χ2n) is 10.2. The van der Waals surface area contributed by atoms with Crippen molar-refractivity contribution >= 4 is 43.4 Å². The Kier molecular flexibility index (Phi) is 10.1. The number of oxime groups is 1. The number of rotatable bonds is 2. The summed E-state index contributed by atoms with van der Waals surface area (Å²) in [5, 5.41) is 16.6. The van der Waals surface area contributed by atoms with Gasteiger partial charge in [0.2, 0.25) is 0 Å². The Hall–Kier alpha value is -2.42. The van der Waals surface area contributed by atoms with Gasteiger partial charge >= 0.3 is 12.2 Å². The first-order valence-electron chi connectivity index (χ1n) is 10.9. The number of ketones is 1. The maximum atomic E-state index is 11.5. The highest BCUT2D eigenvalue weighted by molar-refractivity contribution is 7.92. The molecule has 2 aliphatic rings. The molecule has 2 aliphatic heterocycles. The van der Waals surface area contributed by atoms with Crippen LogP contribution in [0.15, 0.2) is 5.16 Å². The van der Waals surface area contributed by atoms with Gasteiger partial charge in [-0.05, 0) is 54.4 Å². The van der Waals surface area contributed by atoms with E-state index in [9.17, 15) is 31.2 Å². The van der Waals surface area contributed by atoms with E-state index in [-0.39, 0.29) is 35.8 Å². The maximum absolute atomic E-state index is 11.5. The van der Waals surface area contributed by atoms with E-state index in [4.69, 9.17) is 14.7 Å². The van der Waals surface area contributed by atoms with Crippen LogP contribution in [0.1, 0.15) is 54.4 Å². The van der Waals surface area contributed by atoms with Gasteiger partial charge in [-0.15, -0.1) is 0 Å². The van der Waals surface area contributed by atoms with Crippen molar-refractivity contribution in [2.75, 3.05) is 23.0 Å². The molecule has 2 atom stereocenters. The van der Waals surface area contributed by atoms with Gasteiger partial charge < -0.3 is 25.3 Å². The number of amides is 2. The average Bonchev–Trinajstić information content (AvgIpc) is 2.62. The number of nitrogens with zero attached hydrogens (tertiary/aromatic N) is 1. The molecule has 0 aliphatic carbocycles. The monoisotopic (exact) mass is 541 g/mol. The predicted molar refractivity (Wildman–Crippen MR) is 127 cm³/mol. The fraction of sp³-hybridized carbons (Fsp3) is 0.800. The summed E-state index contributed by atoms with van der Waals surface area (Å²) in [5.41, 5.74) is -1.25. The van der Waals surface area contributed by atoms with Crippen LogP contribution in [-0.4, -0.2) is 92.0 Å². The molecule has 0 aromatic carbocycles. The Balaban J connectivity index is 0.000000351. The van der Waals surface area contributed by atoms with Crippen molar-refractivity contribution in [3.63, 3.8) is 0 Å². The van der Waals surface area contributed by atoms with E-state index in [1.165, 1.54) is 0 Å². The summed E-state index contributed by atoms with van der Waals surface area (Å²) in [6.45, 7) is 10.3. The number of carbonyl (C=O) groups excluding carboxylic acids is 3. The van der Waals surface area contributed by atoms with Crippen LogP contribution in [0.5, 0.6) is 0 Å². The number of sulfone groups is 2. The molecular formula is C20H35N3O10S2. The Morgan fingerprint density at radius 2 is 1.23 bits per heavy atom. The van der Waals surface area contributed by atoms with Gasteiger partial charge in [-0.2, -0.15) is 0 Å². The molecule has 2 unspecified atom stereocenters. The van der Waals surface area contributed by atoms with Gasteiger partial charge in [0.25, 0.3) is 0 Å². The first kappa shape index (κ1) is 30.6. The third-order valence-corrected chi connectivity index (χ3v) is 7.64. The van der Waals surface area contributed by atoms with Crippen molar-refractivity contribution in [2.24, 2.45) is 5.16 Å². The fourth-order valence-electron chi connectivity index (χ4n) is 3.02. The van der Waals surface area contributed by atoms with Crippen LogP contribution in [0.25, 0.3) is 0 Å². The van der Waals surface area contributed by atoms with E-state index < -0.39 is 66.7 Å². The minimum Gasteiger partial charge on any atom is -0.444 e. The normalized spacial score (nSPS) is 25.0. The largest absolute Gasteiger partial charge is 0.444 e. The van der Waals surface area contributed by atoms with Gasteiger partial charge in [-0.25, -0.2) is 26.4 Å². The van der Waals surface area contributed by atoms with Crippen molar-refractivity contribution in [1.29, 1.82) is 0 Å². The molecule has 3 N–H and O–H groups in total. The second-order valence-corrected chi connectivity index (χ2v) is 14.6. The molecule has 15 heteroatoms. The van der Waals surface area contributed by atoms with Crippen molar-refractivity contribution < 1.29 is 45.9 Å². The Labute approximate surface area is 205 Å². The summed E-state index contributed by atoms with van der Waals surface area (Å²) in [5.74, 6) is -1.47. The van der Waals surface area contributed by atoms with Gasteiger partial charge in [-0.1, -0.05) is 5.16 Å². The topological polar surface area (TPSA) is 195 Å². The van der Waals surface area contributed by atoms with E-state index in [2.05, 4.69) is 15.8 Å². The second kappa shape index (κ2) is 11.5. The molecule has 2 fully saturated rings. The molecule has 0 aromatic heterocycles. The number of ether oxygens (including phenoxy) is 2. The van der Waals surface area contributed by atoms with Gasteiger partial charge in [0, 0.05) is 0 Å². The number of hydrogen-bond acceptors (Lipinski definition) is 11. The lowest BCUT2D eigenvalue weighted by molar-refractivity contribution is -0.119. The zero-order valence-electron chi connectivity index (χ0n) is 20.8. The number of hydrogen-bond donors (Lipinski definition) is 3. The quantitative estimate of drug-likeness (QED) is 0.332. The lowest BCUT2D eigenvalue weighted by atomic mass is 10.1. The molecule has 0 bridgehead atoms. The summed E-state index contributed by atoms with van der Waals surface area (Å²) in [6, 6.07) is -1.36. The molecule has 202 valence electrons. The van der Waals surface area contributed by atoms with Gasteiger partial charge in [0.05, 0.1) is 35.1 Å². The number of Topliss-reactive ketones (excluding diaryl/α,β-unsaturated/α-hetero) is 1. The maximum Gasteiger partial charge on any atom is 0.408 e. The zero-order chi connectivity index (χ0) is 27.2. The molecule has 0 aromatic rings. The molecule has 13 nitrogen and oxygen atoms in total. The molecule has 0 saturated carbocycles. The summed E-state index contributed by atoms with van der Waals surface area (Å²) in [7, 11) is -6.51. The van der Waals surface area contributed by atoms with Crippen molar-refractivity contribution in [2.45, 2.75) is 77.7 Å². The van der Waals surface area contributed by atoms with Crippen LogP contribution < -0.4 is 10.6 Å². The van der Waals surface area contributed by atoms with Crippen LogP contribution in [0.4, 0.5) is 9.59 Å².